The largest absolute Gasteiger partial charge is 0.474 e. The van der Waals surface area contributed by atoms with Crippen LogP contribution >= 0.6 is 0 Å². The normalized spacial score (nSPS) is 12.3. The molecule has 0 saturated heterocycles. The summed E-state index contributed by atoms with van der Waals surface area (Å²) in [6.07, 6.45) is 11.1. The molecule has 0 aliphatic rings. The zero-order valence-electron chi connectivity index (χ0n) is 12.1. The fourth-order valence-corrected chi connectivity index (χ4v) is 2.14. The van der Waals surface area contributed by atoms with E-state index < -0.39 is 0 Å². The molecular weight excluding hydrogens is 238 g/mol. The Morgan fingerprint density at radius 3 is 2.58 bits per heavy atom. The van der Waals surface area contributed by atoms with Crippen molar-refractivity contribution in [1.82, 2.24) is 4.98 Å². The maximum Gasteiger partial charge on any atom is 0.213 e. The number of aromatic nitrogens is 1. The number of hydrogen-bond acceptors (Lipinski definition) is 3. The molecule has 0 spiro atoms. The zero-order chi connectivity index (χ0) is 13.8. The first-order valence-corrected chi connectivity index (χ1v) is 7.55. The van der Waals surface area contributed by atoms with Gasteiger partial charge in [0.05, 0.1) is 0 Å². The van der Waals surface area contributed by atoms with Crippen LogP contribution in [0, 0.1) is 0 Å². The molecular formula is C16H27NO2. The van der Waals surface area contributed by atoms with Crippen molar-refractivity contribution in [2.45, 2.75) is 64.4 Å². The molecule has 0 fully saturated rings. The van der Waals surface area contributed by atoms with Gasteiger partial charge in [-0.05, 0) is 31.7 Å². The third kappa shape index (κ3) is 7.83. The smallest absolute Gasteiger partial charge is 0.213 e. The van der Waals surface area contributed by atoms with Gasteiger partial charge in [-0.2, -0.15) is 0 Å². The molecule has 19 heavy (non-hydrogen) atoms. The molecule has 0 aromatic carbocycles. The Bertz CT molecular complexity index is 303. The second kappa shape index (κ2) is 10.8. The fourth-order valence-electron chi connectivity index (χ4n) is 2.14. The van der Waals surface area contributed by atoms with E-state index in [0.717, 1.165) is 19.3 Å². The highest BCUT2D eigenvalue weighted by Crippen LogP contribution is 2.16. The molecule has 0 aliphatic heterocycles. The standard InChI is InChI=1S/C16H27NO2/c1-2-3-4-5-6-10-15(11-9-14-18)19-16-12-7-8-13-17-16/h7-8,12-13,15,18H,2-6,9-11,14H2,1H3. The Hall–Kier alpha value is -1.09. The zero-order valence-corrected chi connectivity index (χ0v) is 12.1. The molecule has 108 valence electrons. The van der Waals surface area contributed by atoms with Gasteiger partial charge in [-0.3, -0.25) is 0 Å². The van der Waals surface area contributed by atoms with Crippen molar-refractivity contribution in [2.75, 3.05) is 6.61 Å². The van der Waals surface area contributed by atoms with E-state index in [1.54, 1.807) is 6.20 Å². The lowest BCUT2D eigenvalue weighted by atomic mass is 10.0. The number of aliphatic hydroxyl groups is 1. The monoisotopic (exact) mass is 265 g/mol. The molecule has 0 radical (unpaired) electrons. The molecule has 1 aromatic heterocycles. The number of hydrogen-bond donors (Lipinski definition) is 1. The Labute approximate surface area is 117 Å². The van der Waals surface area contributed by atoms with E-state index in [1.165, 1.54) is 32.1 Å². The van der Waals surface area contributed by atoms with E-state index in [0.29, 0.717) is 5.88 Å². The van der Waals surface area contributed by atoms with Gasteiger partial charge < -0.3 is 9.84 Å². The van der Waals surface area contributed by atoms with Gasteiger partial charge in [0.1, 0.15) is 6.10 Å². The summed E-state index contributed by atoms with van der Waals surface area (Å²) in [5.41, 5.74) is 0. The van der Waals surface area contributed by atoms with Crippen molar-refractivity contribution >= 4 is 0 Å². The van der Waals surface area contributed by atoms with Crippen molar-refractivity contribution < 1.29 is 9.84 Å². The Morgan fingerprint density at radius 1 is 1.11 bits per heavy atom. The van der Waals surface area contributed by atoms with Crippen LogP contribution < -0.4 is 4.74 Å². The SMILES string of the molecule is CCCCCCCC(CCCO)Oc1ccccn1. The molecule has 1 rings (SSSR count). The molecule has 1 N–H and O–H groups in total. The van der Waals surface area contributed by atoms with Crippen LogP contribution in [0.5, 0.6) is 5.88 Å². The number of ether oxygens (including phenoxy) is 1. The summed E-state index contributed by atoms with van der Waals surface area (Å²) >= 11 is 0. The fraction of sp³-hybridized carbons (Fsp3) is 0.688. The van der Waals surface area contributed by atoms with E-state index in [-0.39, 0.29) is 12.7 Å². The van der Waals surface area contributed by atoms with E-state index in [2.05, 4.69) is 11.9 Å². The summed E-state index contributed by atoms with van der Waals surface area (Å²) in [4.78, 5) is 4.20. The van der Waals surface area contributed by atoms with Gasteiger partial charge in [-0.15, -0.1) is 0 Å². The highest BCUT2D eigenvalue weighted by atomic mass is 16.5. The average molecular weight is 265 g/mol. The minimum absolute atomic E-state index is 0.184. The van der Waals surface area contributed by atoms with Crippen molar-refractivity contribution in [3.63, 3.8) is 0 Å². The summed E-state index contributed by atoms with van der Waals surface area (Å²) in [5.74, 6) is 0.694. The van der Waals surface area contributed by atoms with E-state index >= 15 is 0 Å². The maximum atomic E-state index is 8.95. The molecule has 1 aromatic rings. The number of unbranched alkanes of at least 4 members (excludes halogenated alkanes) is 4. The highest BCUT2D eigenvalue weighted by molar-refractivity contribution is 5.09. The van der Waals surface area contributed by atoms with Crippen LogP contribution in [-0.4, -0.2) is 22.8 Å². The first-order chi connectivity index (χ1) is 9.36. The van der Waals surface area contributed by atoms with Gasteiger partial charge in [0.15, 0.2) is 0 Å². The van der Waals surface area contributed by atoms with Crippen LogP contribution in [0.1, 0.15) is 58.3 Å². The summed E-state index contributed by atoms with van der Waals surface area (Å²) in [7, 11) is 0. The molecule has 0 saturated carbocycles. The first kappa shape index (κ1) is 16.0. The number of pyridine rings is 1. The third-order valence-electron chi connectivity index (χ3n) is 3.24. The number of nitrogens with zero attached hydrogens (tertiary/aromatic N) is 1. The predicted octanol–water partition coefficient (Wildman–Crippen LogP) is 3.96. The quantitative estimate of drug-likeness (QED) is 0.616. The lowest BCUT2D eigenvalue weighted by Gasteiger charge is -2.18. The molecule has 0 bridgehead atoms. The van der Waals surface area contributed by atoms with Gasteiger partial charge in [-0.1, -0.05) is 38.7 Å². The van der Waals surface area contributed by atoms with Crippen LogP contribution in [-0.2, 0) is 0 Å². The molecule has 3 heteroatoms. The van der Waals surface area contributed by atoms with Gasteiger partial charge in [0.25, 0.3) is 0 Å². The van der Waals surface area contributed by atoms with Crippen LogP contribution in [0.15, 0.2) is 24.4 Å². The third-order valence-corrected chi connectivity index (χ3v) is 3.24. The van der Waals surface area contributed by atoms with Gasteiger partial charge in [-0.25, -0.2) is 4.98 Å². The van der Waals surface area contributed by atoms with Crippen molar-refractivity contribution in [3.05, 3.63) is 24.4 Å². The molecule has 1 heterocycles. The van der Waals surface area contributed by atoms with Crippen LogP contribution in [0.25, 0.3) is 0 Å². The average Bonchev–Trinajstić information content (AvgIpc) is 2.45. The van der Waals surface area contributed by atoms with Gasteiger partial charge in [0, 0.05) is 18.9 Å². The number of rotatable bonds is 11. The van der Waals surface area contributed by atoms with E-state index in [4.69, 9.17) is 9.84 Å². The molecule has 0 aliphatic carbocycles. The predicted molar refractivity (Wildman–Crippen MR) is 78.3 cm³/mol. The van der Waals surface area contributed by atoms with Crippen molar-refractivity contribution in [3.8, 4) is 5.88 Å². The van der Waals surface area contributed by atoms with E-state index in [9.17, 15) is 0 Å². The minimum atomic E-state index is 0.184. The molecule has 3 nitrogen and oxygen atoms in total. The van der Waals surface area contributed by atoms with Crippen molar-refractivity contribution in [1.29, 1.82) is 0 Å². The van der Waals surface area contributed by atoms with Crippen LogP contribution in [0.4, 0.5) is 0 Å². The van der Waals surface area contributed by atoms with E-state index in [1.807, 2.05) is 18.2 Å². The summed E-state index contributed by atoms with van der Waals surface area (Å²) in [6.45, 7) is 2.46. The summed E-state index contributed by atoms with van der Waals surface area (Å²) in [5, 5.41) is 8.95. The molecule has 1 unspecified atom stereocenters. The Kier molecular flexibility index (Phi) is 9.07. The van der Waals surface area contributed by atoms with Crippen LogP contribution in [0.2, 0.25) is 0 Å². The Morgan fingerprint density at radius 2 is 1.89 bits per heavy atom. The second-order valence-corrected chi connectivity index (χ2v) is 4.98. The van der Waals surface area contributed by atoms with Crippen molar-refractivity contribution in [2.24, 2.45) is 0 Å². The topological polar surface area (TPSA) is 42.4 Å². The Balaban J connectivity index is 2.30. The summed E-state index contributed by atoms with van der Waals surface area (Å²) < 4.78 is 5.90. The van der Waals surface area contributed by atoms with Crippen LogP contribution in [0.3, 0.4) is 0 Å². The highest BCUT2D eigenvalue weighted by Gasteiger charge is 2.10. The molecule has 1 atom stereocenters. The second-order valence-electron chi connectivity index (χ2n) is 4.98. The minimum Gasteiger partial charge on any atom is -0.474 e. The lowest BCUT2D eigenvalue weighted by Crippen LogP contribution is -2.17. The van der Waals surface area contributed by atoms with Gasteiger partial charge in [0.2, 0.25) is 5.88 Å². The first-order valence-electron chi connectivity index (χ1n) is 7.55. The summed E-state index contributed by atoms with van der Waals surface area (Å²) in [6, 6.07) is 5.72. The van der Waals surface area contributed by atoms with Gasteiger partial charge >= 0.3 is 0 Å². The number of aliphatic hydroxyl groups excluding tert-OH is 1. The lowest BCUT2D eigenvalue weighted by molar-refractivity contribution is 0.155. The maximum absolute atomic E-state index is 8.95. The molecule has 0 amide bonds.